The zero-order chi connectivity index (χ0) is 10.3. The molecule has 1 unspecified atom stereocenters. The lowest BCUT2D eigenvalue weighted by Gasteiger charge is -2.11. The zero-order valence-electron chi connectivity index (χ0n) is 8.15. The van der Waals surface area contributed by atoms with Crippen molar-refractivity contribution < 1.29 is 14.4 Å². The van der Waals surface area contributed by atoms with Gasteiger partial charge in [-0.05, 0) is 6.42 Å². The first-order valence-corrected chi connectivity index (χ1v) is 6.55. The maximum absolute atomic E-state index is 10.5. The summed E-state index contributed by atoms with van der Waals surface area (Å²) in [6.45, 7) is 2.12. The second-order valence-corrected chi connectivity index (χ2v) is 5.15. The molecule has 0 aliphatic rings. The minimum absolute atomic E-state index is 0.181. The van der Waals surface area contributed by atoms with Gasteiger partial charge in [0.2, 0.25) is 0 Å². The number of unbranched alkanes of at least 4 members (excludes halogenated alkanes) is 3. The van der Waals surface area contributed by atoms with Crippen LogP contribution in [0.3, 0.4) is 0 Å². The van der Waals surface area contributed by atoms with E-state index in [0.717, 1.165) is 19.3 Å². The summed E-state index contributed by atoms with van der Waals surface area (Å²) in [5, 5.41) is 0. The minimum atomic E-state index is -3.90. The highest BCUT2D eigenvalue weighted by molar-refractivity contribution is 7.51. The van der Waals surface area contributed by atoms with Crippen LogP contribution >= 0.6 is 7.60 Å². The standard InChI is InChI=1S/C8H20NO3P/c1-2-3-4-5-6-8(9)7-13(10,11)12/h8H,2-7,9H2,1H3,(H2,10,11,12). The van der Waals surface area contributed by atoms with E-state index in [9.17, 15) is 4.57 Å². The smallest absolute Gasteiger partial charge is 0.327 e. The van der Waals surface area contributed by atoms with Gasteiger partial charge in [0.15, 0.2) is 0 Å². The fourth-order valence-electron chi connectivity index (χ4n) is 1.23. The number of nitrogens with two attached hydrogens (primary N) is 1. The van der Waals surface area contributed by atoms with Gasteiger partial charge in [-0.3, -0.25) is 4.57 Å². The van der Waals surface area contributed by atoms with E-state index in [1.54, 1.807) is 0 Å². The van der Waals surface area contributed by atoms with Crippen LogP contribution < -0.4 is 5.73 Å². The van der Waals surface area contributed by atoms with Crippen LogP contribution in [-0.4, -0.2) is 22.0 Å². The van der Waals surface area contributed by atoms with E-state index in [0.29, 0.717) is 6.42 Å². The molecule has 0 heterocycles. The van der Waals surface area contributed by atoms with Crippen molar-refractivity contribution in [1.29, 1.82) is 0 Å². The molecule has 5 heteroatoms. The first-order chi connectivity index (χ1) is 5.95. The summed E-state index contributed by atoms with van der Waals surface area (Å²) in [6, 6.07) is -0.349. The highest BCUT2D eigenvalue weighted by Crippen LogP contribution is 2.35. The average molecular weight is 209 g/mol. The summed E-state index contributed by atoms with van der Waals surface area (Å²) in [5.41, 5.74) is 5.55. The molecule has 0 spiro atoms. The fourth-order valence-corrected chi connectivity index (χ4v) is 2.02. The monoisotopic (exact) mass is 209 g/mol. The predicted molar refractivity (Wildman–Crippen MR) is 53.6 cm³/mol. The molecule has 80 valence electrons. The largest absolute Gasteiger partial charge is 0.327 e. The molecule has 0 bridgehead atoms. The lowest BCUT2D eigenvalue weighted by atomic mass is 10.1. The third-order valence-electron chi connectivity index (χ3n) is 1.90. The molecular formula is C8H20NO3P. The molecule has 0 radical (unpaired) electrons. The second kappa shape index (κ2) is 6.55. The number of rotatable bonds is 7. The van der Waals surface area contributed by atoms with Crippen molar-refractivity contribution in [3.05, 3.63) is 0 Å². The molecule has 0 amide bonds. The summed E-state index contributed by atoms with van der Waals surface area (Å²) in [5.74, 6) is 0. The van der Waals surface area contributed by atoms with Crippen molar-refractivity contribution in [3.63, 3.8) is 0 Å². The Bertz CT molecular complexity index is 169. The molecule has 4 N–H and O–H groups in total. The van der Waals surface area contributed by atoms with Gasteiger partial charge in [-0.15, -0.1) is 0 Å². The first-order valence-electron chi connectivity index (χ1n) is 4.76. The SMILES string of the molecule is CCCCCCC(N)CP(=O)(O)O. The van der Waals surface area contributed by atoms with Gasteiger partial charge in [-0.1, -0.05) is 32.6 Å². The Labute approximate surface area is 79.7 Å². The van der Waals surface area contributed by atoms with Crippen molar-refractivity contribution in [2.24, 2.45) is 5.73 Å². The molecule has 0 aromatic rings. The number of hydrogen-bond acceptors (Lipinski definition) is 2. The highest BCUT2D eigenvalue weighted by Gasteiger charge is 2.17. The van der Waals surface area contributed by atoms with Crippen LogP contribution in [0.1, 0.15) is 39.0 Å². The minimum Gasteiger partial charge on any atom is -0.327 e. The lowest BCUT2D eigenvalue weighted by molar-refractivity contribution is 0.366. The molecule has 0 fully saturated rings. The molecule has 0 saturated carbocycles. The van der Waals surface area contributed by atoms with Gasteiger partial charge in [0.25, 0.3) is 0 Å². The van der Waals surface area contributed by atoms with Crippen molar-refractivity contribution in [3.8, 4) is 0 Å². The van der Waals surface area contributed by atoms with Gasteiger partial charge in [0.1, 0.15) is 0 Å². The molecule has 0 aromatic carbocycles. The van der Waals surface area contributed by atoms with E-state index in [1.165, 1.54) is 6.42 Å². The fraction of sp³-hybridized carbons (Fsp3) is 1.00. The average Bonchev–Trinajstić information content (AvgIpc) is 1.94. The molecule has 0 saturated heterocycles. The Kier molecular flexibility index (Phi) is 6.60. The van der Waals surface area contributed by atoms with Crippen LogP contribution in [0.4, 0.5) is 0 Å². The predicted octanol–water partition coefficient (Wildman–Crippen LogP) is 1.46. The van der Waals surface area contributed by atoms with E-state index in [-0.39, 0.29) is 12.2 Å². The Balaban J connectivity index is 3.41. The molecular weight excluding hydrogens is 189 g/mol. The molecule has 0 aromatic heterocycles. The maximum atomic E-state index is 10.5. The summed E-state index contributed by atoms with van der Waals surface area (Å²) >= 11 is 0. The van der Waals surface area contributed by atoms with Crippen LogP contribution in [0.25, 0.3) is 0 Å². The van der Waals surface area contributed by atoms with Gasteiger partial charge < -0.3 is 15.5 Å². The van der Waals surface area contributed by atoms with Crippen LogP contribution in [0.15, 0.2) is 0 Å². The van der Waals surface area contributed by atoms with Gasteiger partial charge in [0, 0.05) is 6.04 Å². The summed E-state index contributed by atoms with van der Waals surface area (Å²) in [6.07, 6.45) is 4.93. The highest BCUT2D eigenvalue weighted by atomic mass is 31.2. The number of hydrogen-bond donors (Lipinski definition) is 3. The summed E-state index contributed by atoms with van der Waals surface area (Å²) in [4.78, 5) is 17.2. The molecule has 4 nitrogen and oxygen atoms in total. The maximum Gasteiger partial charge on any atom is 0.327 e. The Hall–Kier alpha value is 0.110. The van der Waals surface area contributed by atoms with Gasteiger partial charge in [-0.25, -0.2) is 0 Å². The molecule has 0 aliphatic carbocycles. The van der Waals surface area contributed by atoms with Crippen molar-refractivity contribution in [2.45, 2.75) is 45.1 Å². The third kappa shape index (κ3) is 10.0. The van der Waals surface area contributed by atoms with Gasteiger partial charge >= 0.3 is 7.60 Å². The zero-order valence-corrected chi connectivity index (χ0v) is 9.04. The van der Waals surface area contributed by atoms with Gasteiger partial charge in [-0.2, -0.15) is 0 Å². The topological polar surface area (TPSA) is 83.6 Å². The van der Waals surface area contributed by atoms with Crippen molar-refractivity contribution in [2.75, 3.05) is 6.16 Å². The van der Waals surface area contributed by atoms with Crippen LogP contribution in [0.2, 0.25) is 0 Å². The normalized spacial score (nSPS) is 14.5. The summed E-state index contributed by atoms with van der Waals surface area (Å²) < 4.78 is 10.5. The molecule has 13 heavy (non-hydrogen) atoms. The molecule has 0 rings (SSSR count). The van der Waals surface area contributed by atoms with Crippen LogP contribution in [0, 0.1) is 0 Å². The van der Waals surface area contributed by atoms with Crippen molar-refractivity contribution in [1.82, 2.24) is 0 Å². The van der Waals surface area contributed by atoms with E-state index < -0.39 is 7.60 Å². The second-order valence-electron chi connectivity index (χ2n) is 3.46. The van der Waals surface area contributed by atoms with Crippen LogP contribution in [0.5, 0.6) is 0 Å². The first kappa shape index (κ1) is 13.1. The lowest BCUT2D eigenvalue weighted by Crippen LogP contribution is -2.24. The van der Waals surface area contributed by atoms with E-state index in [4.69, 9.17) is 15.5 Å². The van der Waals surface area contributed by atoms with Crippen LogP contribution in [-0.2, 0) is 4.57 Å². The van der Waals surface area contributed by atoms with Crippen molar-refractivity contribution >= 4 is 7.60 Å². The van der Waals surface area contributed by atoms with E-state index in [1.807, 2.05) is 0 Å². The summed E-state index contributed by atoms with van der Waals surface area (Å²) in [7, 11) is -3.90. The molecule has 1 atom stereocenters. The van der Waals surface area contributed by atoms with E-state index >= 15 is 0 Å². The third-order valence-corrected chi connectivity index (χ3v) is 2.85. The quantitative estimate of drug-likeness (QED) is 0.438. The molecule has 0 aliphatic heterocycles. The Morgan fingerprint density at radius 3 is 2.38 bits per heavy atom. The Morgan fingerprint density at radius 2 is 1.92 bits per heavy atom. The Morgan fingerprint density at radius 1 is 1.31 bits per heavy atom. The van der Waals surface area contributed by atoms with E-state index in [2.05, 4.69) is 6.92 Å². The van der Waals surface area contributed by atoms with Gasteiger partial charge in [0.05, 0.1) is 6.16 Å².